The Morgan fingerprint density at radius 2 is 2.13 bits per heavy atom. The van der Waals surface area contributed by atoms with Crippen LogP contribution in [-0.2, 0) is 0 Å². The number of benzene rings is 1. The zero-order chi connectivity index (χ0) is 11.4. The molecule has 0 saturated carbocycles. The van der Waals surface area contributed by atoms with Gasteiger partial charge in [0, 0.05) is 22.4 Å². The molecule has 0 amide bonds. The molecule has 0 saturated heterocycles. The molecule has 0 spiro atoms. The minimum atomic E-state index is -2.59. The van der Waals surface area contributed by atoms with Gasteiger partial charge < -0.3 is 0 Å². The maximum Gasteiger partial charge on any atom is 0.264 e. The topological polar surface area (TPSA) is 17.1 Å². The van der Waals surface area contributed by atoms with E-state index in [0.29, 0.717) is 0 Å². The van der Waals surface area contributed by atoms with Gasteiger partial charge in [-0.1, -0.05) is 6.92 Å². The largest absolute Gasteiger partial charge is 0.294 e. The van der Waals surface area contributed by atoms with Gasteiger partial charge in [0.2, 0.25) is 0 Å². The highest BCUT2D eigenvalue weighted by Crippen LogP contribution is 2.28. The second kappa shape index (κ2) is 5.26. The summed E-state index contributed by atoms with van der Waals surface area (Å²) in [5, 5.41) is 0. The summed E-state index contributed by atoms with van der Waals surface area (Å²) in [7, 11) is 0. The quantitative estimate of drug-likeness (QED) is 0.575. The van der Waals surface area contributed by atoms with E-state index in [1.54, 1.807) is 13.0 Å². The summed E-state index contributed by atoms with van der Waals surface area (Å²) in [4.78, 5) is 12.1. The van der Waals surface area contributed by atoms with Crippen LogP contribution in [0.1, 0.15) is 35.7 Å². The Hall–Kier alpha value is -0.900. The van der Waals surface area contributed by atoms with Crippen molar-refractivity contribution in [1.29, 1.82) is 0 Å². The molecule has 0 aliphatic heterocycles. The van der Waals surface area contributed by atoms with Gasteiger partial charge in [0.05, 0.1) is 0 Å². The van der Waals surface area contributed by atoms with Crippen molar-refractivity contribution in [3.05, 3.63) is 29.3 Å². The number of alkyl halides is 2. The fourth-order valence-electron chi connectivity index (χ4n) is 1.29. The number of hydrogen-bond donors (Lipinski definition) is 0. The van der Waals surface area contributed by atoms with Crippen LogP contribution in [0.5, 0.6) is 0 Å². The van der Waals surface area contributed by atoms with Crippen molar-refractivity contribution in [3.8, 4) is 0 Å². The third kappa shape index (κ3) is 2.78. The predicted molar refractivity (Wildman–Crippen MR) is 57.8 cm³/mol. The van der Waals surface area contributed by atoms with Crippen LogP contribution in [0.3, 0.4) is 0 Å². The highest BCUT2D eigenvalue weighted by molar-refractivity contribution is 7.98. The molecule has 15 heavy (non-hydrogen) atoms. The molecule has 82 valence electrons. The average Bonchev–Trinajstić information content (AvgIpc) is 2.27. The number of thioether (sulfide) groups is 1. The summed E-state index contributed by atoms with van der Waals surface area (Å²) in [6.45, 7) is 1.67. The molecule has 0 fully saturated rings. The lowest BCUT2D eigenvalue weighted by Gasteiger charge is -2.08. The van der Waals surface area contributed by atoms with Crippen molar-refractivity contribution in [2.45, 2.75) is 24.7 Å². The van der Waals surface area contributed by atoms with Crippen molar-refractivity contribution < 1.29 is 13.6 Å². The lowest BCUT2D eigenvalue weighted by atomic mass is 10.0. The monoisotopic (exact) mass is 230 g/mol. The van der Waals surface area contributed by atoms with Gasteiger partial charge in [-0.25, -0.2) is 8.78 Å². The average molecular weight is 230 g/mol. The van der Waals surface area contributed by atoms with E-state index in [0.717, 1.165) is 4.90 Å². The minimum absolute atomic E-state index is 0.144. The first-order valence-electron chi connectivity index (χ1n) is 4.59. The molecule has 0 N–H and O–H groups in total. The number of carbonyl (C=O) groups is 1. The highest BCUT2D eigenvalue weighted by atomic mass is 32.2. The van der Waals surface area contributed by atoms with E-state index in [9.17, 15) is 13.6 Å². The molecule has 4 heteroatoms. The molecular formula is C11H12F2OS. The standard InChI is InChI=1S/C11H12F2OS/c1-3-10(14)8-5-4-7(15-2)6-9(8)11(12)13/h4-6,11H,3H2,1-2H3. The van der Waals surface area contributed by atoms with Crippen LogP contribution >= 0.6 is 11.8 Å². The summed E-state index contributed by atoms with van der Waals surface area (Å²) in [5.41, 5.74) is -0.0148. The molecule has 0 aliphatic carbocycles. The molecule has 1 aromatic rings. The maximum absolute atomic E-state index is 12.7. The van der Waals surface area contributed by atoms with E-state index in [2.05, 4.69) is 0 Å². The molecule has 1 aromatic carbocycles. The summed E-state index contributed by atoms with van der Waals surface area (Å²) < 4.78 is 25.4. The van der Waals surface area contributed by atoms with Crippen molar-refractivity contribution in [1.82, 2.24) is 0 Å². The summed E-state index contributed by atoms with van der Waals surface area (Å²) in [6, 6.07) is 4.57. The minimum Gasteiger partial charge on any atom is -0.294 e. The van der Waals surface area contributed by atoms with E-state index in [-0.39, 0.29) is 23.3 Å². The number of carbonyl (C=O) groups excluding carboxylic acids is 1. The van der Waals surface area contributed by atoms with Crippen LogP contribution in [-0.4, -0.2) is 12.0 Å². The Morgan fingerprint density at radius 1 is 1.47 bits per heavy atom. The van der Waals surface area contributed by atoms with E-state index in [4.69, 9.17) is 0 Å². The van der Waals surface area contributed by atoms with Gasteiger partial charge in [0.25, 0.3) is 6.43 Å². The Bertz CT molecular complexity index is 364. The molecule has 0 aliphatic rings. The van der Waals surface area contributed by atoms with E-state index in [1.165, 1.54) is 23.9 Å². The second-order valence-corrected chi connectivity index (χ2v) is 3.91. The van der Waals surface area contributed by atoms with Crippen molar-refractivity contribution in [2.75, 3.05) is 6.26 Å². The summed E-state index contributed by atoms with van der Waals surface area (Å²) in [5.74, 6) is -0.238. The zero-order valence-corrected chi connectivity index (χ0v) is 9.41. The third-order valence-electron chi connectivity index (χ3n) is 2.12. The molecule has 0 aromatic heterocycles. The normalized spacial score (nSPS) is 10.7. The van der Waals surface area contributed by atoms with Crippen LogP contribution < -0.4 is 0 Å². The molecule has 0 radical (unpaired) electrons. The number of rotatable bonds is 4. The van der Waals surface area contributed by atoms with Crippen LogP contribution in [0.4, 0.5) is 8.78 Å². The van der Waals surface area contributed by atoms with Gasteiger partial charge in [-0.3, -0.25) is 4.79 Å². The molecule has 1 rings (SSSR count). The van der Waals surface area contributed by atoms with Gasteiger partial charge in [0.1, 0.15) is 0 Å². The third-order valence-corrected chi connectivity index (χ3v) is 2.84. The van der Waals surface area contributed by atoms with E-state index >= 15 is 0 Å². The van der Waals surface area contributed by atoms with Gasteiger partial charge in [-0.2, -0.15) is 0 Å². The van der Waals surface area contributed by atoms with Gasteiger partial charge >= 0.3 is 0 Å². The lowest BCUT2D eigenvalue weighted by molar-refractivity contribution is 0.0974. The molecular weight excluding hydrogens is 218 g/mol. The van der Waals surface area contributed by atoms with E-state index < -0.39 is 6.43 Å². The fraction of sp³-hybridized carbons (Fsp3) is 0.364. The van der Waals surface area contributed by atoms with Crippen molar-refractivity contribution in [2.24, 2.45) is 0 Å². The lowest BCUT2D eigenvalue weighted by Crippen LogP contribution is -2.03. The van der Waals surface area contributed by atoms with Crippen molar-refractivity contribution in [3.63, 3.8) is 0 Å². The first-order chi connectivity index (χ1) is 7.10. The molecule has 0 unspecified atom stereocenters. The Kier molecular flexibility index (Phi) is 4.27. The van der Waals surface area contributed by atoms with E-state index in [1.807, 2.05) is 6.26 Å². The van der Waals surface area contributed by atoms with Gasteiger partial charge in [-0.05, 0) is 24.5 Å². The number of hydrogen-bond acceptors (Lipinski definition) is 2. The molecule has 1 nitrogen and oxygen atoms in total. The smallest absolute Gasteiger partial charge is 0.264 e. The Morgan fingerprint density at radius 3 is 2.60 bits per heavy atom. The highest BCUT2D eigenvalue weighted by Gasteiger charge is 2.17. The Labute approximate surface area is 91.9 Å². The SMILES string of the molecule is CCC(=O)c1ccc(SC)cc1C(F)F. The Balaban J connectivity index is 3.21. The summed E-state index contributed by atoms with van der Waals surface area (Å²) in [6.07, 6.45) is -0.535. The predicted octanol–water partition coefficient (Wildman–Crippen LogP) is 3.94. The van der Waals surface area contributed by atoms with Crippen molar-refractivity contribution >= 4 is 17.5 Å². The maximum atomic E-state index is 12.7. The van der Waals surface area contributed by atoms with Crippen LogP contribution in [0, 0.1) is 0 Å². The van der Waals surface area contributed by atoms with Gasteiger partial charge in [0.15, 0.2) is 5.78 Å². The van der Waals surface area contributed by atoms with Gasteiger partial charge in [-0.15, -0.1) is 11.8 Å². The second-order valence-electron chi connectivity index (χ2n) is 3.03. The first kappa shape index (κ1) is 12.2. The zero-order valence-electron chi connectivity index (χ0n) is 8.59. The molecule has 0 bridgehead atoms. The summed E-state index contributed by atoms with van der Waals surface area (Å²) >= 11 is 1.38. The van der Waals surface area contributed by atoms with Crippen LogP contribution in [0.2, 0.25) is 0 Å². The number of halogens is 2. The number of ketones is 1. The fourth-order valence-corrected chi connectivity index (χ4v) is 1.74. The first-order valence-corrected chi connectivity index (χ1v) is 5.82. The molecule has 0 atom stereocenters. The van der Waals surface area contributed by atoms with Crippen LogP contribution in [0.25, 0.3) is 0 Å². The van der Waals surface area contributed by atoms with Crippen LogP contribution in [0.15, 0.2) is 23.1 Å². The number of Topliss-reactive ketones (excluding diaryl/α,β-unsaturated/α-hetero) is 1. The molecule has 0 heterocycles.